The third-order valence-corrected chi connectivity index (χ3v) is 6.46. The van der Waals surface area contributed by atoms with Crippen LogP contribution in [0.2, 0.25) is 0 Å². The number of aromatic nitrogens is 2. The molecule has 0 saturated heterocycles. The second-order valence-corrected chi connectivity index (χ2v) is 8.83. The van der Waals surface area contributed by atoms with E-state index in [0.717, 1.165) is 4.52 Å². The molecular weight excluding hydrogens is 470 g/mol. The molecule has 2 aromatic rings. The zero-order valence-electron chi connectivity index (χ0n) is 19.0. The van der Waals surface area contributed by atoms with Crippen molar-refractivity contribution in [3.8, 4) is 0 Å². The molecule has 5 N–H and O–H groups in total. The lowest BCUT2D eigenvalue weighted by Gasteiger charge is -2.19. The zero-order chi connectivity index (χ0) is 25.7. The standard InChI is InChI=1S/C20H27N5O8S/c1-9-11(3)24-14(10(2)19(31)25(24)18(9)30)8-34-7-13(17(29)22-6-16(27)28)23-15(26)5-4-12(21)20(32)33/h12-13H,4-8,21H2,1-3H3,(H,22,29)(H,23,26)(H,27,28)(H,32,33)/p-1/t12-,13-/m0/s1. The first-order chi connectivity index (χ1) is 15.9. The maximum absolute atomic E-state index is 12.5. The van der Waals surface area contributed by atoms with E-state index in [9.17, 15) is 39.0 Å². The Morgan fingerprint density at radius 1 is 1.03 bits per heavy atom. The number of thioether (sulfide) groups is 1. The zero-order valence-corrected chi connectivity index (χ0v) is 19.8. The fourth-order valence-electron chi connectivity index (χ4n) is 3.26. The Hall–Kier alpha value is -3.39. The first-order valence-electron chi connectivity index (χ1n) is 10.3. The van der Waals surface area contributed by atoms with Gasteiger partial charge in [0.2, 0.25) is 11.8 Å². The summed E-state index contributed by atoms with van der Waals surface area (Å²) in [6.45, 7) is 4.16. The number of quaternary nitrogens is 1. The third-order valence-electron chi connectivity index (χ3n) is 5.41. The molecule has 0 bridgehead atoms. The van der Waals surface area contributed by atoms with Crippen LogP contribution >= 0.6 is 11.8 Å². The molecule has 2 aromatic heterocycles. The Kier molecular flexibility index (Phi) is 8.81. The minimum absolute atomic E-state index is 0.00735. The van der Waals surface area contributed by atoms with E-state index in [-0.39, 0.29) is 24.3 Å². The van der Waals surface area contributed by atoms with Gasteiger partial charge in [0, 0.05) is 41.2 Å². The topological polar surface area (TPSA) is 209 Å². The number of hydrogen-bond donors (Lipinski definition) is 3. The van der Waals surface area contributed by atoms with Crippen molar-refractivity contribution in [3.05, 3.63) is 43.2 Å². The molecule has 0 spiro atoms. The minimum Gasteiger partial charge on any atom is -0.548 e. The van der Waals surface area contributed by atoms with Gasteiger partial charge in [0.1, 0.15) is 12.1 Å². The number of hydrogen-bond acceptors (Lipinski definition) is 9. The average Bonchev–Trinajstić information content (AvgIpc) is 3.15. The predicted octanol–water partition coefficient (Wildman–Crippen LogP) is -5.15. The largest absolute Gasteiger partial charge is 0.548 e. The number of aliphatic carboxylic acids is 2. The van der Waals surface area contributed by atoms with E-state index in [4.69, 9.17) is 0 Å². The van der Waals surface area contributed by atoms with Crippen LogP contribution in [0.15, 0.2) is 9.59 Å². The number of aryl methyl sites for hydroxylation is 1. The van der Waals surface area contributed by atoms with Gasteiger partial charge in [-0.1, -0.05) is 0 Å². The van der Waals surface area contributed by atoms with Gasteiger partial charge in [-0.15, -0.1) is 0 Å². The molecule has 0 unspecified atom stereocenters. The van der Waals surface area contributed by atoms with Crippen LogP contribution in [0.3, 0.4) is 0 Å². The van der Waals surface area contributed by atoms with Gasteiger partial charge in [-0.3, -0.25) is 23.7 Å². The van der Waals surface area contributed by atoms with Crippen molar-refractivity contribution in [1.29, 1.82) is 0 Å². The summed E-state index contributed by atoms with van der Waals surface area (Å²) in [5.41, 5.74) is 4.49. The van der Waals surface area contributed by atoms with Crippen LogP contribution in [0, 0.1) is 20.8 Å². The van der Waals surface area contributed by atoms with E-state index in [0.29, 0.717) is 22.5 Å². The van der Waals surface area contributed by atoms with E-state index < -0.39 is 53.5 Å². The van der Waals surface area contributed by atoms with E-state index in [1.165, 1.54) is 16.3 Å². The summed E-state index contributed by atoms with van der Waals surface area (Å²) in [4.78, 5) is 70.9. The van der Waals surface area contributed by atoms with E-state index in [1.54, 1.807) is 20.8 Å². The second kappa shape index (κ2) is 11.2. The van der Waals surface area contributed by atoms with Gasteiger partial charge in [-0.05, 0) is 20.8 Å². The van der Waals surface area contributed by atoms with Crippen molar-refractivity contribution >= 4 is 35.5 Å². The molecule has 2 atom stereocenters. The lowest BCUT2D eigenvalue weighted by atomic mass is 10.1. The number of nitrogens with one attached hydrogen (secondary N) is 2. The Bertz CT molecular complexity index is 1220. The van der Waals surface area contributed by atoms with Crippen molar-refractivity contribution in [2.75, 3.05) is 12.3 Å². The number of nitrogens with zero attached hydrogens (tertiary/aromatic N) is 2. The van der Waals surface area contributed by atoms with Crippen molar-refractivity contribution in [1.82, 2.24) is 19.7 Å². The van der Waals surface area contributed by atoms with Crippen molar-refractivity contribution in [3.63, 3.8) is 0 Å². The molecule has 2 rings (SSSR count). The molecule has 0 radical (unpaired) electrons. The highest BCUT2D eigenvalue weighted by Gasteiger charge is 2.24. The van der Waals surface area contributed by atoms with Crippen molar-refractivity contribution < 1.29 is 35.1 Å². The van der Waals surface area contributed by atoms with Gasteiger partial charge in [0.05, 0.1) is 24.2 Å². The highest BCUT2D eigenvalue weighted by Crippen LogP contribution is 2.17. The molecule has 14 heteroatoms. The summed E-state index contributed by atoms with van der Waals surface area (Å²) < 4.78 is 2.58. The fourth-order valence-corrected chi connectivity index (χ4v) is 4.38. The van der Waals surface area contributed by atoms with Crippen LogP contribution in [-0.2, 0) is 24.9 Å². The Balaban J connectivity index is 2.14. The maximum Gasteiger partial charge on any atom is 0.277 e. The van der Waals surface area contributed by atoms with Gasteiger partial charge in [0.25, 0.3) is 11.1 Å². The number of carbonyl (C=O) groups is 4. The quantitative estimate of drug-likeness (QED) is 0.256. The first-order valence-corrected chi connectivity index (χ1v) is 11.5. The number of carboxylic acids is 2. The predicted molar refractivity (Wildman–Crippen MR) is 116 cm³/mol. The summed E-state index contributed by atoms with van der Waals surface area (Å²) >= 11 is 1.18. The molecule has 0 aliphatic heterocycles. The minimum atomic E-state index is -1.51. The lowest BCUT2D eigenvalue weighted by Crippen LogP contribution is -2.68. The Labute approximate surface area is 197 Å². The molecule has 2 heterocycles. The van der Waals surface area contributed by atoms with Crippen LogP contribution in [-0.4, -0.2) is 57.2 Å². The van der Waals surface area contributed by atoms with Crippen LogP contribution in [0.4, 0.5) is 0 Å². The smallest absolute Gasteiger partial charge is 0.277 e. The molecule has 2 amide bonds. The summed E-state index contributed by atoms with van der Waals surface area (Å²) in [5.74, 6) is -4.09. The number of amides is 2. The normalized spacial score (nSPS) is 12.9. The summed E-state index contributed by atoms with van der Waals surface area (Å²) in [7, 11) is 0. The molecule has 0 fully saturated rings. The Morgan fingerprint density at radius 2 is 1.65 bits per heavy atom. The molecule has 0 aliphatic rings. The van der Waals surface area contributed by atoms with Gasteiger partial charge in [0.15, 0.2) is 0 Å². The van der Waals surface area contributed by atoms with Crippen LogP contribution < -0.4 is 37.7 Å². The van der Waals surface area contributed by atoms with Gasteiger partial charge in [-0.2, -0.15) is 16.3 Å². The number of carboxylic acid groups (broad SMARTS) is 2. The van der Waals surface area contributed by atoms with Crippen LogP contribution in [0.25, 0.3) is 0 Å². The third kappa shape index (κ3) is 5.94. The van der Waals surface area contributed by atoms with Gasteiger partial charge in [-0.25, -0.2) is 0 Å². The molecule has 0 aliphatic carbocycles. The van der Waals surface area contributed by atoms with E-state index >= 15 is 0 Å². The van der Waals surface area contributed by atoms with Crippen molar-refractivity contribution in [2.24, 2.45) is 0 Å². The SMILES string of the molecule is Cc1c(C)n2c(CSC[C@H](NC(=O)CC[C@H]([NH3+])C(=O)[O-])C(=O)NCC(=O)[O-])c(C)c(=O)n2c1=O. The van der Waals surface area contributed by atoms with E-state index in [1.807, 2.05) is 0 Å². The fraction of sp³-hybridized carbons (Fsp3) is 0.500. The molecule has 0 saturated carbocycles. The highest BCUT2D eigenvalue weighted by atomic mass is 32.2. The van der Waals surface area contributed by atoms with Crippen molar-refractivity contribution in [2.45, 2.75) is 51.4 Å². The molecular formula is C20H26N5O8S-. The Morgan fingerprint density at radius 3 is 2.24 bits per heavy atom. The maximum atomic E-state index is 12.5. The molecule has 13 nitrogen and oxygen atoms in total. The molecule has 0 aromatic carbocycles. The second-order valence-electron chi connectivity index (χ2n) is 7.80. The molecule has 34 heavy (non-hydrogen) atoms. The summed E-state index contributed by atoms with van der Waals surface area (Å²) in [6.07, 6.45) is -0.337. The van der Waals surface area contributed by atoms with Gasteiger partial charge < -0.3 is 36.2 Å². The van der Waals surface area contributed by atoms with Gasteiger partial charge >= 0.3 is 0 Å². The summed E-state index contributed by atoms with van der Waals surface area (Å²) in [6, 6.07) is -2.25. The first kappa shape index (κ1) is 26.9. The average molecular weight is 497 g/mol. The van der Waals surface area contributed by atoms with E-state index in [2.05, 4.69) is 16.4 Å². The monoisotopic (exact) mass is 496 g/mol. The van der Waals surface area contributed by atoms with Crippen LogP contribution in [0.1, 0.15) is 35.4 Å². The summed E-state index contributed by atoms with van der Waals surface area (Å²) in [5, 5.41) is 26.0. The number of carbonyl (C=O) groups excluding carboxylic acids is 4. The van der Waals surface area contributed by atoms with Crippen LogP contribution in [0.5, 0.6) is 0 Å². The lowest BCUT2D eigenvalue weighted by molar-refractivity contribution is -0.438. The number of rotatable bonds is 12. The molecule has 186 valence electrons. The number of fused-ring (bicyclic) bond motifs is 1. The highest BCUT2D eigenvalue weighted by molar-refractivity contribution is 7.98.